The lowest BCUT2D eigenvalue weighted by Gasteiger charge is -2.18. The Balaban J connectivity index is 4.48. The normalized spacial score (nSPS) is 12.8. The van der Waals surface area contributed by atoms with Crippen molar-refractivity contribution in [1.82, 2.24) is 0 Å². The zero-order valence-electron chi connectivity index (χ0n) is 36.1. The van der Waals surface area contributed by atoms with E-state index in [-0.39, 0.29) is 31.1 Å². The quantitative estimate of drug-likeness (QED) is 0.0203. The summed E-state index contributed by atoms with van der Waals surface area (Å²) in [5, 5.41) is 0. The minimum atomic E-state index is -0.795. The van der Waals surface area contributed by atoms with Crippen LogP contribution in [0, 0.1) is 0 Å². The van der Waals surface area contributed by atoms with E-state index in [1.54, 1.807) is 0 Å². The van der Waals surface area contributed by atoms with E-state index in [0.29, 0.717) is 19.3 Å². The van der Waals surface area contributed by atoms with Crippen LogP contribution in [0.25, 0.3) is 0 Å². The molecule has 1 unspecified atom stereocenters. The summed E-state index contributed by atoms with van der Waals surface area (Å²) in [5.41, 5.74) is 0. The van der Waals surface area contributed by atoms with Crippen molar-refractivity contribution in [2.75, 3.05) is 13.2 Å². The van der Waals surface area contributed by atoms with E-state index >= 15 is 0 Å². The number of rotatable bonds is 39. The van der Waals surface area contributed by atoms with Gasteiger partial charge in [0.1, 0.15) is 13.2 Å². The topological polar surface area (TPSA) is 78.9 Å². The average Bonchev–Trinajstić information content (AvgIpc) is 3.19. The highest BCUT2D eigenvalue weighted by Crippen LogP contribution is 2.14. The van der Waals surface area contributed by atoms with E-state index in [1.165, 1.54) is 64.2 Å². The summed E-state index contributed by atoms with van der Waals surface area (Å²) >= 11 is 0. The highest BCUT2D eigenvalue weighted by atomic mass is 16.6. The van der Waals surface area contributed by atoms with Crippen LogP contribution in [0.3, 0.4) is 0 Å². The van der Waals surface area contributed by atoms with Crippen LogP contribution in [0.1, 0.15) is 194 Å². The van der Waals surface area contributed by atoms with Crippen LogP contribution in [-0.2, 0) is 28.6 Å². The minimum Gasteiger partial charge on any atom is -0.462 e. The first-order valence-electron chi connectivity index (χ1n) is 22.7. The van der Waals surface area contributed by atoms with Gasteiger partial charge in [-0.15, -0.1) is 0 Å². The standard InChI is InChI=1S/C50H82O6/c1-4-7-10-13-16-19-22-23-24-25-26-27-29-31-34-37-40-43-49(52)55-46-47(45-54-48(51)42-39-36-33-30-21-18-15-12-9-6-3)56-50(53)44-41-38-35-32-28-20-17-14-11-8-5-2/h7,10,13,15-16,18-19,22-27,29,47H,4-6,8-9,11-12,14,17,20-21,28,30-46H2,1-3H3/b10-7-,16-13-,18-15-,22-19-,24-23-,26-25+,29-27-. The smallest absolute Gasteiger partial charge is 0.306 e. The van der Waals surface area contributed by atoms with Gasteiger partial charge >= 0.3 is 17.9 Å². The molecule has 0 N–H and O–H groups in total. The molecule has 56 heavy (non-hydrogen) atoms. The molecule has 0 spiro atoms. The molecule has 0 aliphatic carbocycles. The first kappa shape index (κ1) is 52.6. The number of carbonyl (C=O) groups excluding carboxylic acids is 3. The lowest BCUT2D eigenvalue weighted by molar-refractivity contribution is -0.167. The third-order valence-electron chi connectivity index (χ3n) is 9.30. The summed E-state index contributed by atoms with van der Waals surface area (Å²) in [7, 11) is 0. The molecular formula is C50H82O6. The van der Waals surface area contributed by atoms with Gasteiger partial charge in [-0.3, -0.25) is 14.4 Å². The third kappa shape index (κ3) is 41.7. The molecule has 0 aliphatic heterocycles. The zero-order chi connectivity index (χ0) is 40.8. The predicted molar refractivity (Wildman–Crippen MR) is 237 cm³/mol. The van der Waals surface area contributed by atoms with Gasteiger partial charge < -0.3 is 14.2 Å². The summed E-state index contributed by atoms with van der Waals surface area (Å²) in [4.78, 5) is 37.7. The molecule has 0 aromatic heterocycles. The van der Waals surface area contributed by atoms with E-state index in [0.717, 1.165) is 89.9 Å². The fourth-order valence-corrected chi connectivity index (χ4v) is 5.86. The largest absolute Gasteiger partial charge is 0.462 e. The van der Waals surface area contributed by atoms with Gasteiger partial charge in [-0.05, 0) is 57.8 Å². The molecule has 0 saturated heterocycles. The summed E-state index contributed by atoms with van der Waals surface area (Å²) in [6, 6.07) is 0. The first-order chi connectivity index (χ1) is 27.5. The van der Waals surface area contributed by atoms with Crippen molar-refractivity contribution in [3.05, 3.63) is 85.1 Å². The van der Waals surface area contributed by atoms with Gasteiger partial charge in [-0.1, -0.05) is 202 Å². The SMILES string of the molecule is CC\C=C/C=C\C=C/C=C\C=C\C=C/CCCCCC(=O)OCC(COC(=O)CCCCCC/C=C\CCCC)OC(=O)CCCCCCCCCCCCC. The summed E-state index contributed by atoms with van der Waals surface area (Å²) < 4.78 is 16.6. The number of unbranched alkanes of at least 4 members (excludes halogenated alkanes) is 19. The van der Waals surface area contributed by atoms with Crippen molar-refractivity contribution in [2.24, 2.45) is 0 Å². The fourth-order valence-electron chi connectivity index (χ4n) is 5.86. The van der Waals surface area contributed by atoms with E-state index < -0.39 is 6.10 Å². The highest BCUT2D eigenvalue weighted by molar-refractivity contribution is 5.71. The Kier molecular flexibility index (Phi) is 41.6. The van der Waals surface area contributed by atoms with Crippen LogP contribution in [-0.4, -0.2) is 37.2 Å². The number of allylic oxidation sites excluding steroid dienone is 14. The molecule has 0 aromatic rings. The highest BCUT2D eigenvalue weighted by Gasteiger charge is 2.19. The van der Waals surface area contributed by atoms with Gasteiger partial charge in [0.15, 0.2) is 6.10 Å². The Morgan fingerprint density at radius 1 is 0.375 bits per heavy atom. The van der Waals surface area contributed by atoms with Crippen LogP contribution >= 0.6 is 0 Å². The maximum atomic E-state index is 12.7. The number of hydrogen-bond acceptors (Lipinski definition) is 6. The molecule has 1 atom stereocenters. The molecule has 0 saturated carbocycles. The van der Waals surface area contributed by atoms with Gasteiger partial charge in [-0.2, -0.15) is 0 Å². The van der Waals surface area contributed by atoms with Crippen LogP contribution in [0.5, 0.6) is 0 Å². The van der Waals surface area contributed by atoms with Gasteiger partial charge in [0.05, 0.1) is 0 Å². The number of carbonyl (C=O) groups is 3. The van der Waals surface area contributed by atoms with Gasteiger partial charge in [0, 0.05) is 19.3 Å². The van der Waals surface area contributed by atoms with E-state index in [2.05, 4.69) is 45.1 Å². The molecule has 0 radical (unpaired) electrons. The Morgan fingerprint density at radius 3 is 1.21 bits per heavy atom. The summed E-state index contributed by atoms with van der Waals surface area (Å²) in [5.74, 6) is -0.962. The van der Waals surface area contributed by atoms with Crippen molar-refractivity contribution < 1.29 is 28.6 Å². The summed E-state index contributed by atoms with van der Waals surface area (Å²) in [6.45, 7) is 6.37. The molecule has 0 rings (SSSR count). The number of hydrogen-bond donors (Lipinski definition) is 0. The third-order valence-corrected chi connectivity index (χ3v) is 9.30. The number of ether oxygens (including phenoxy) is 3. The lowest BCUT2D eigenvalue weighted by Crippen LogP contribution is -2.30. The van der Waals surface area contributed by atoms with Crippen LogP contribution in [0.15, 0.2) is 85.1 Å². The maximum absolute atomic E-state index is 12.7. The van der Waals surface area contributed by atoms with Crippen molar-refractivity contribution in [2.45, 2.75) is 200 Å². The molecule has 0 bridgehead atoms. The van der Waals surface area contributed by atoms with E-state index in [9.17, 15) is 14.4 Å². The Hall–Kier alpha value is -3.41. The van der Waals surface area contributed by atoms with E-state index in [1.807, 2.05) is 60.8 Å². The Morgan fingerprint density at radius 2 is 0.732 bits per heavy atom. The van der Waals surface area contributed by atoms with Crippen molar-refractivity contribution in [3.63, 3.8) is 0 Å². The van der Waals surface area contributed by atoms with Crippen LogP contribution in [0.2, 0.25) is 0 Å². The molecule has 0 heterocycles. The second-order valence-corrected chi connectivity index (χ2v) is 14.7. The average molecular weight is 779 g/mol. The van der Waals surface area contributed by atoms with Crippen molar-refractivity contribution >= 4 is 17.9 Å². The maximum Gasteiger partial charge on any atom is 0.306 e. The second-order valence-electron chi connectivity index (χ2n) is 14.7. The zero-order valence-corrected chi connectivity index (χ0v) is 36.1. The van der Waals surface area contributed by atoms with Crippen molar-refractivity contribution in [3.8, 4) is 0 Å². The monoisotopic (exact) mass is 779 g/mol. The number of esters is 3. The first-order valence-corrected chi connectivity index (χ1v) is 22.7. The molecule has 318 valence electrons. The molecular weight excluding hydrogens is 697 g/mol. The second kappa shape index (κ2) is 44.3. The molecule has 6 heteroatoms. The molecule has 0 fully saturated rings. The Bertz CT molecular complexity index is 1120. The Labute approximate surface area is 344 Å². The molecule has 0 amide bonds. The fraction of sp³-hybridized carbons (Fsp3) is 0.660. The van der Waals surface area contributed by atoms with Gasteiger partial charge in [-0.25, -0.2) is 0 Å². The molecule has 0 aromatic carbocycles. The predicted octanol–water partition coefficient (Wildman–Crippen LogP) is 14.5. The van der Waals surface area contributed by atoms with Gasteiger partial charge in [0.2, 0.25) is 0 Å². The molecule has 6 nitrogen and oxygen atoms in total. The van der Waals surface area contributed by atoms with Crippen LogP contribution in [0.4, 0.5) is 0 Å². The van der Waals surface area contributed by atoms with Crippen molar-refractivity contribution in [1.29, 1.82) is 0 Å². The van der Waals surface area contributed by atoms with Gasteiger partial charge in [0.25, 0.3) is 0 Å². The van der Waals surface area contributed by atoms with Crippen LogP contribution < -0.4 is 0 Å². The van der Waals surface area contributed by atoms with E-state index in [4.69, 9.17) is 14.2 Å². The summed E-state index contributed by atoms with van der Waals surface area (Å²) in [6.07, 6.45) is 55.6. The minimum absolute atomic E-state index is 0.0970. The lowest BCUT2D eigenvalue weighted by atomic mass is 10.1. The molecule has 0 aliphatic rings.